The van der Waals surface area contributed by atoms with Crippen LogP contribution in [0.1, 0.15) is 38.5 Å². The molecule has 0 aromatic heterocycles. The van der Waals surface area contributed by atoms with Gasteiger partial charge in [0.25, 0.3) is 0 Å². The molecule has 2 rings (SSSR count). The van der Waals surface area contributed by atoms with E-state index in [1.54, 1.807) is 0 Å². The van der Waals surface area contributed by atoms with Crippen LogP contribution < -0.4 is 5.73 Å². The van der Waals surface area contributed by atoms with E-state index in [9.17, 15) is 0 Å². The van der Waals surface area contributed by atoms with Gasteiger partial charge in [0.05, 0.1) is 0 Å². The maximum Gasteiger partial charge on any atom is 0.0136 e. The molecular formula is C12H24N2. The van der Waals surface area contributed by atoms with Gasteiger partial charge in [0.1, 0.15) is 0 Å². The minimum absolute atomic E-state index is 0.863. The van der Waals surface area contributed by atoms with E-state index in [1.165, 1.54) is 45.1 Å². The second kappa shape index (κ2) is 4.63. The molecule has 2 N–H and O–H groups in total. The van der Waals surface area contributed by atoms with E-state index in [0.717, 1.165) is 24.4 Å². The molecule has 2 heteroatoms. The molecule has 0 amide bonds. The first kappa shape index (κ1) is 10.4. The first-order valence-electron chi connectivity index (χ1n) is 6.23. The highest BCUT2D eigenvalue weighted by atomic mass is 15.2. The molecule has 14 heavy (non-hydrogen) atoms. The Kier molecular flexibility index (Phi) is 3.45. The van der Waals surface area contributed by atoms with Crippen molar-refractivity contribution in [3.05, 3.63) is 0 Å². The summed E-state index contributed by atoms with van der Waals surface area (Å²) in [6.45, 7) is 2.18. The van der Waals surface area contributed by atoms with Gasteiger partial charge in [-0.3, -0.25) is 0 Å². The average molecular weight is 196 g/mol. The third-order valence-electron chi connectivity index (χ3n) is 4.34. The lowest BCUT2D eigenvalue weighted by molar-refractivity contribution is 0.0426. The van der Waals surface area contributed by atoms with Crippen molar-refractivity contribution >= 4 is 0 Å². The van der Waals surface area contributed by atoms with E-state index in [2.05, 4.69) is 11.9 Å². The van der Waals surface area contributed by atoms with Gasteiger partial charge in [-0.2, -0.15) is 0 Å². The zero-order chi connectivity index (χ0) is 9.97. The normalized spacial score (nSPS) is 31.7. The van der Waals surface area contributed by atoms with Crippen LogP contribution in [0.25, 0.3) is 0 Å². The van der Waals surface area contributed by atoms with Crippen LogP contribution in [0.5, 0.6) is 0 Å². The molecule has 0 aromatic carbocycles. The smallest absolute Gasteiger partial charge is 0.0136 e. The first-order chi connectivity index (χ1) is 6.83. The second-order valence-corrected chi connectivity index (χ2v) is 5.12. The Morgan fingerprint density at radius 1 is 1.29 bits per heavy atom. The molecule has 0 bridgehead atoms. The lowest BCUT2D eigenvalue weighted by Gasteiger charge is -2.45. The van der Waals surface area contributed by atoms with Crippen molar-refractivity contribution < 1.29 is 0 Å². The molecule has 82 valence electrons. The summed E-state index contributed by atoms with van der Waals surface area (Å²) in [7, 11) is 2.27. The Labute approximate surface area is 87.8 Å². The number of hydrogen-bond donors (Lipinski definition) is 1. The van der Waals surface area contributed by atoms with Crippen molar-refractivity contribution in [1.82, 2.24) is 4.90 Å². The number of nitrogens with two attached hydrogens (primary N) is 1. The second-order valence-electron chi connectivity index (χ2n) is 5.12. The van der Waals surface area contributed by atoms with Crippen molar-refractivity contribution in [2.45, 2.75) is 44.6 Å². The Morgan fingerprint density at radius 3 is 2.43 bits per heavy atom. The minimum atomic E-state index is 0.863. The van der Waals surface area contributed by atoms with Crippen molar-refractivity contribution in [3.63, 3.8) is 0 Å². The summed E-state index contributed by atoms with van der Waals surface area (Å²) in [5, 5.41) is 0. The Bertz CT molecular complexity index is 173. The summed E-state index contributed by atoms with van der Waals surface area (Å²) in [5.74, 6) is 1.90. The highest BCUT2D eigenvalue weighted by molar-refractivity contribution is 4.91. The summed E-state index contributed by atoms with van der Waals surface area (Å²) in [6.07, 6.45) is 8.52. The molecule has 0 aromatic rings. The van der Waals surface area contributed by atoms with Gasteiger partial charge in [-0.05, 0) is 44.8 Å². The van der Waals surface area contributed by atoms with Gasteiger partial charge in [-0.1, -0.05) is 25.7 Å². The average Bonchev–Trinajstić information content (AvgIpc) is 2.67. The molecule has 2 aliphatic rings. The van der Waals surface area contributed by atoms with Crippen molar-refractivity contribution in [2.24, 2.45) is 17.6 Å². The SMILES string of the molecule is CN1CCC1C(CCN)C1CCCC1. The molecule has 0 spiro atoms. The number of rotatable bonds is 4. The van der Waals surface area contributed by atoms with Crippen LogP contribution in [-0.2, 0) is 0 Å². The van der Waals surface area contributed by atoms with Gasteiger partial charge < -0.3 is 10.6 Å². The van der Waals surface area contributed by atoms with Gasteiger partial charge in [-0.25, -0.2) is 0 Å². The summed E-state index contributed by atoms with van der Waals surface area (Å²) in [4.78, 5) is 2.53. The predicted octanol–water partition coefficient (Wildman–Crippen LogP) is 1.85. The molecule has 2 nitrogen and oxygen atoms in total. The number of nitrogens with zero attached hydrogens (tertiary/aromatic N) is 1. The maximum atomic E-state index is 5.74. The fourth-order valence-electron chi connectivity index (χ4n) is 3.40. The van der Waals surface area contributed by atoms with Gasteiger partial charge in [0.15, 0.2) is 0 Å². The molecule has 2 fully saturated rings. The van der Waals surface area contributed by atoms with E-state index in [0.29, 0.717) is 0 Å². The van der Waals surface area contributed by atoms with Crippen molar-refractivity contribution in [3.8, 4) is 0 Å². The molecule has 1 aliphatic heterocycles. The van der Waals surface area contributed by atoms with Crippen LogP contribution in [0, 0.1) is 11.8 Å². The lowest BCUT2D eigenvalue weighted by Crippen LogP contribution is -2.51. The van der Waals surface area contributed by atoms with Gasteiger partial charge in [0.2, 0.25) is 0 Å². The molecule has 1 saturated heterocycles. The van der Waals surface area contributed by atoms with E-state index in [1.807, 2.05) is 0 Å². The Morgan fingerprint density at radius 2 is 2.00 bits per heavy atom. The van der Waals surface area contributed by atoms with Crippen LogP contribution in [-0.4, -0.2) is 31.1 Å². The van der Waals surface area contributed by atoms with Crippen LogP contribution in [0.4, 0.5) is 0 Å². The maximum absolute atomic E-state index is 5.74. The van der Waals surface area contributed by atoms with E-state index >= 15 is 0 Å². The topological polar surface area (TPSA) is 29.3 Å². The largest absolute Gasteiger partial charge is 0.330 e. The first-order valence-corrected chi connectivity index (χ1v) is 6.23. The van der Waals surface area contributed by atoms with Gasteiger partial charge >= 0.3 is 0 Å². The molecule has 1 saturated carbocycles. The zero-order valence-corrected chi connectivity index (χ0v) is 9.41. The van der Waals surface area contributed by atoms with Crippen LogP contribution in [0.2, 0.25) is 0 Å². The standard InChI is InChI=1S/C12H24N2/c1-14-9-7-12(14)11(6-8-13)10-4-2-3-5-10/h10-12H,2-9,13H2,1H3. The van der Waals surface area contributed by atoms with Crippen LogP contribution >= 0.6 is 0 Å². The zero-order valence-electron chi connectivity index (χ0n) is 9.41. The lowest BCUT2D eigenvalue weighted by atomic mass is 9.77. The summed E-state index contributed by atoms with van der Waals surface area (Å²) >= 11 is 0. The summed E-state index contributed by atoms with van der Waals surface area (Å²) < 4.78 is 0. The van der Waals surface area contributed by atoms with Crippen molar-refractivity contribution in [1.29, 1.82) is 0 Å². The molecule has 2 atom stereocenters. The molecular weight excluding hydrogens is 172 g/mol. The highest BCUT2D eigenvalue weighted by Crippen LogP contribution is 2.39. The quantitative estimate of drug-likeness (QED) is 0.743. The van der Waals surface area contributed by atoms with Crippen LogP contribution in [0.3, 0.4) is 0 Å². The van der Waals surface area contributed by atoms with E-state index in [4.69, 9.17) is 5.73 Å². The molecule has 1 heterocycles. The molecule has 0 radical (unpaired) electrons. The highest BCUT2D eigenvalue weighted by Gasteiger charge is 2.37. The Hall–Kier alpha value is -0.0800. The summed E-state index contributed by atoms with van der Waals surface area (Å²) in [5.41, 5.74) is 5.74. The molecule has 1 aliphatic carbocycles. The van der Waals surface area contributed by atoms with Crippen molar-refractivity contribution in [2.75, 3.05) is 20.1 Å². The van der Waals surface area contributed by atoms with E-state index in [-0.39, 0.29) is 0 Å². The minimum Gasteiger partial charge on any atom is -0.330 e. The summed E-state index contributed by atoms with van der Waals surface area (Å²) in [6, 6.07) is 0.863. The van der Waals surface area contributed by atoms with E-state index < -0.39 is 0 Å². The van der Waals surface area contributed by atoms with Gasteiger partial charge in [0, 0.05) is 6.04 Å². The number of hydrogen-bond acceptors (Lipinski definition) is 2. The van der Waals surface area contributed by atoms with Crippen LogP contribution in [0.15, 0.2) is 0 Å². The fourth-order valence-corrected chi connectivity index (χ4v) is 3.40. The monoisotopic (exact) mass is 196 g/mol. The predicted molar refractivity (Wildman–Crippen MR) is 60.2 cm³/mol. The molecule has 2 unspecified atom stereocenters. The third kappa shape index (κ3) is 1.96. The fraction of sp³-hybridized carbons (Fsp3) is 1.00. The number of likely N-dealkylation sites (tertiary alicyclic amines) is 1. The Balaban J connectivity index is 1.91. The third-order valence-corrected chi connectivity index (χ3v) is 4.34. The van der Waals surface area contributed by atoms with Gasteiger partial charge in [-0.15, -0.1) is 0 Å².